The molecule has 0 amide bonds. The van der Waals surface area contributed by atoms with E-state index >= 15 is 0 Å². The fraction of sp³-hybridized carbons (Fsp3) is 0.632. The number of carbonyl (C=O) groups is 1. The van der Waals surface area contributed by atoms with Crippen molar-refractivity contribution in [2.75, 3.05) is 0 Å². The lowest BCUT2D eigenvalue weighted by Gasteiger charge is -2.27. The number of halogens is 3. The van der Waals surface area contributed by atoms with E-state index in [1.165, 1.54) is 25.7 Å². The molecule has 0 bridgehead atoms. The highest BCUT2D eigenvalue weighted by atomic mass is 32.2. The van der Waals surface area contributed by atoms with Crippen LogP contribution in [0.15, 0.2) is 29.2 Å². The van der Waals surface area contributed by atoms with Crippen molar-refractivity contribution in [3.8, 4) is 5.75 Å². The van der Waals surface area contributed by atoms with Gasteiger partial charge in [-0.15, -0.1) is 0 Å². The van der Waals surface area contributed by atoms with E-state index in [2.05, 4.69) is 6.92 Å². The van der Waals surface area contributed by atoms with Gasteiger partial charge in [-0.25, -0.2) is 8.42 Å². The zero-order valence-corrected chi connectivity index (χ0v) is 16.1. The van der Waals surface area contributed by atoms with E-state index in [0.29, 0.717) is 5.92 Å². The summed E-state index contributed by atoms with van der Waals surface area (Å²) in [6.45, 7) is 2.16. The number of alkyl halides is 3. The minimum absolute atomic E-state index is 0.0474. The van der Waals surface area contributed by atoms with Crippen molar-refractivity contribution in [3.63, 3.8) is 0 Å². The van der Waals surface area contributed by atoms with Crippen LogP contribution in [0.2, 0.25) is 0 Å². The normalized spacial score (nSPS) is 21.0. The lowest BCUT2D eigenvalue weighted by molar-refractivity contribution is -0.140. The van der Waals surface area contributed by atoms with Crippen molar-refractivity contribution in [3.05, 3.63) is 24.3 Å². The minimum Gasteiger partial charge on any atom is -0.426 e. The smallest absolute Gasteiger partial charge is 0.426 e. The molecule has 1 aromatic carbocycles. The molecule has 0 saturated heterocycles. The van der Waals surface area contributed by atoms with Crippen LogP contribution in [0.25, 0.3) is 0 Å². The quantitative estimate of drug-likeness (QED) is 0.351. The lowest BCUT2D eigenvalue weighted by atomic mass is 9.80. The number of unbranched alkanes of at least 4 members (excludes halogenated alkanes) is 2. The van der Waals surface area contributed by atoms with Crippen molar-refractivity contribution in [1.29, 1.82) is 0 Å². The maximum Gasteiger partial charge on any atom is 0.501 e. The molecule has 0 heterocycles. The zero-order chi connectivity index (χ0) is 20.1. The molecule has 152 valence electrons. The summed E-state index contributed by atoms with van der Waals surface area (Å²) in [5.74, 6) is 0.0677. The molecule has 27 heavy (non-hydrogen) atoms. The number of benzene rings is 1. The second-order valence-electron chi connectivity index (χ2n) is 7.06. The minimum atomic E-state index is -5.40. The van der Waals surface area contributed by atoms with Gasteiger partial charge in [-0.3, -0.25) is 4.79 Å². The highest BCUT2D eigenvalue weighted by Crippen LogP contribution is 2.34. The molecular weight excluding hydrogens is 381 g/mol. The first-order chi connectivity index (χ1) is 12.6. The Morgan fingerprint density at radius 3 is 2.19 bits per heavy atom. The summed E-state index contributed by atoms with van der Waals surface area (Å²) < 4.78 is 65.5. The summed E-state index contributed by atoms with van der Waals surface area (Å²) in [5, 5.41) is 0. The first kappa shape index (κ1) is 21.7. The van der Waals surface area contributed by atoms with Crippen molar-refractivity contribution < 1.29 is 31.1 Å². The Morgan fingerprint density at radius 2 is 1.67 bits per heavy atom. The van der Waals surface area contributed by atoms with E-state index in [9.17, 15) is 26.4 Å². The molecular formula is C19H25F3O4S. The van der Waals surface area contributed by atoms with Crippen LogP contribution in [0.5, 0.6) is 5.75 Å². The molecule has 1 aliphatic rings. The van der Waals surface area contributed by atoms with Crippen LogP contribution in [-0.2, 0) is 14.6 Å². The Hall–Kier alpha value is -1.57. The molecule has 8 heteroatoms. The summed E-state index contributed by atoms with van der Waals surface area (Å²) in [6, 6.07) is 3.76. The van der Waals surface area contributed by atoms with Gasteiger partial charge < -0.3 is 4.74 Å². The molecule has 0 spiro atoms. The Labute approximate surface area is 158 Å². The van der Waals surface area contributed by atoms with E-state index in [0.717, 1.165) is 49.9 Å². The van der Waals surface area contributed by atoms with Crippen molar-refractivity contribution in [2.24, 2.45) is 11.8 Å². The third-order valence-electron chi connectivity index (χ3n) is 5.05. The van der Waals surface area contributed by atoms with E-state index < -0.39 is 26.2 Å². The van der Waals surface area contributed by atoms with Gasteiger partial charge in [-0.1, -0.05) is 32.6 Å². The largest absolute Gasteiger partial charge is 0.501 e. The Morgan fingerprint density at radius 1 is 1.07 bits per heavy atom. The molecule has 1 fully saturated rings. The van der Waals surface area contributed by atoms with Crippen LogP contribution in [0.4, 0.5) is 13.2 Å². The summed E-state index contributed by atoms with van der Waals surface area (Å²) >= 11 is 0. The van der Waals surface area contributed by atoms with Crippen molar-refractivity contribution >= 4 is 15.8 Å². The number of rotatable bonds is 7. The fourth-order valence-electron chi connectivity index (χ4n) is 3.39. The maximum absolute atomic E-state index is 12.5. The molecule has 0 atom stereocenters. The molecule has 1 aliphatic carbocycles. The van der Waals surface area contributed by atoms with Crippen LogP contribution in [-0.4, -0.2) is 19.9 Å². The van der Waals surface area contributed by atoms with Gasteiger partial charge in [0.2, 0.25) is 0 Å². The molecule has 0 N–H and O–H groups in total. The maximum atomic E-state index is 12.5. The van der Waals surface area contributed by atoms with E-state index in [1.807, 2.05) is 0 Å². The average molecular weight is 406 g/mol. The van der Waals surface area contributed by atoms with E-state index in [-0.39, 0.29) is 11.7 Å². The third-order valence-corrected chi connectivity index (χ3v) is 6.56. The summed E-state index contributed by atoms with van der Waals surface area (Å²) in [6.07, 6.45) is 8.26. The van der Waals surface area contributed by atoms with Gasteiger partial charge in [0, 0.05) is 0 Å². The van der Waals surface area contributed by atoms with Crippen molar-refractivity contribution in [1.82, 2.24) is 0 Å². The van der Waals surface area contributed by atoms with Crippen molar-refractivity contribution in [2.45, 2.75) is 68.7 Å². The van der Waals surface area contributed by atoms with Gasteiger partial charge in [0.25, 0.3) is 9.84 Å². The van der Waals surface area contributed by atoms with Crippen LogP contribution >= 0.6 is 0 Å². The number of esters is 1. The molecule has 0 unspecified atom stereocenters. The summed E-state index contributed by atoms with van der Waals surface area (Å²) in [5.41, 5.74) is -5.36. The second kappa shape index (κ2) is 9.08. The SMILES string of the molecule is CCCCCC1CCC(C(=O)Oc2ccc(S(=O)(=O)C(F)(F)F)cc2)CC1. The fourth-order valence-corrected chi connectivity index (χ4v) is 4.15. The second-order valence-corrected chi connectivity index (χ2v) is 9.00. The molecule has 0 aliphatic heterocycles. The van der Waals surface area contributed by atoms with Crippen LogP contribution in [0.1, 0.15) is 58.3 Å². The molecule has 1 aromatic rings. The monoisotopic (exact) mass is 406 g/mol. The highest BCUT2D eigenvalue weighted by Gasteiger charge is 2.46. The average Bonchev–Trinajstić information content (AvgIpc) is 2.62. The highest BCUT2D eigenvalue weighted by molar-refractivity contribution is 7.92. The molecule has 1 saturated carbocycles. The first-order valence-corrected chi connectivity index (χ1v) is 10.8. The Bertz CT molecular complexity index is 718. The van der Waals surface area contributed by atoms with Crippen LogP contribution in [0.3, 0.4) is 0 Å². The van der Waals surface area contributed by atoms with E-state index in [4.69, 9.17) is 4.74 Å². The van der Waals surface area contributed by atoms with Gasteiger partial charge in [-0.05, 0) is 55.9 Å². The van der Waals surface area contributed by atoms with Crippen LogP contribution < -0.4 is 4.74 Å². The van der Waals surface area contributed by atoms with Gasteiger partial charge >= 0.3 is 11.5 Å². The molecule has 4 nitrogen and oxygen atoms in total. The number of hydrogen-bond donors (Lipinski definition) is 0. The topological polar surface area (TPSA) is 60.4 Å². The van der Waals surface area contributed by atoms with E-state index in [1.54, 1.807) is 0 Å². The summed E-state index contributed by atoms with van der Waals surface area (Å²) in [7, 11) is -5.40. The number of carbonyl (C=O) groups excluding carboxylic acids is 1. The van der Waals surface area contributed by atoms with Gasteiger partial charge in [0.15, 0.2) is 0 Å². The predicted octanol–water partition coefficient (Wildman–Crippen LogP) is 5.27. The molecule has 2 rings (SSSR count). The number of ether oxygens (including phenoxy) is 1. The van der Waals surface area contributed by atoms with Gasteiger partial charge in [-0.2, -0.15) is 13.2 Å². The first-order valence-electron chi connectivity index (χ1n) is 9.28. The predicted molar refractivity (Wildman–Crippen MR) is 94.9 cm³/mol. The zero-order valence-electron chi connectivity index (χ0n) is 15.3. The standard InChI is InChI=1S/C19H25F3O4S/c1-2-3-4-5-14-6-8-15(9-7-14)18(23)26-16-10-12-17(13-11-16)27(24,25)19(20,21)22/h10-15H,2-9H2,1H3. The Kier molecular flexibility index (Phi) is 7.31. The third kappa shape index (κ3) is 5.70. The summed E-state index contributed by atoms with van der Waals surface area (Å²) in [4.78, 5) is 11.4. The molecule has 0 aromatic heterocycles. The van der Waals surface area contributed by atoms with Gasteiger partial charge in [0.1, 0.15) is 5.75 Å². The lowest BCUT2D eigenvalue weighted by Crippen LogP contribution is -2.26. The Balaban J connectivity index is 1.88. The molecule has 0 radical (unpaired) electrons. The number of hydrogen-bond acceptors (Lipinski definition) is 4. The van der Waals surface area contributed by atoms with Crippen LogP contribution in [0, 0.1) is 11.8 Å². The number of sulfone groups is 1. The van der Waals surface area contributed by atoms with Gasteiger partial charge in [0.05, 0.1) is 10.8 Å².